The number of methoxy groups -OCH3 is 1. The highest BCUT2D eigenvalue weighted by atomic mass is 32.1. The van der Waals surface area contributed by atoms with Crippen molar-refractivity contribution >= 4 is 32.3 Å². The zero-order valence-corrected chi connectivity index (χ0v) is 19.4. The van der Waals surface area contributed by atoms with Crippen molar-refractivity contribution in [1.29, 1.82) is 0 Å². The lowest BCUT2D eigenvalue weighted by Crippen LogP contribution is -2.43. The molecule has 0 saturated carbocycles. The fourth-order valence-electron chi connectivity index (χ4n) is 4.25. The minimum Gasteiger partial charge on any atom is -0.494 e. The Kier molecular flexibility index (Phi) is 4.43. The van der Waals surface area contributed by atoms with Crippen LogP contribution in [0, 0.1) is 0 Å². The van der Waals surface area contributed by atoms with Crippen LogP contribution < -0.4 is 19.0 Å². The van der Waals surface area contributed by atoms with Gasteiger partial charge in [-0.3, -0.25) is 0 Å². The summed E-state index contributed by atoms with van der Waals surface area (Å²) in [4.78, 5) is 8.43. The van der Waals surface area contributed by atoms with Crippen LogP contribution >= 0.6 is 11.3 Å². The number of rotatable bonds is 4. The average Bonchev–Trinajstić information content (AvgIpc) is 3.66. The molecule has 0 spiro atoms. The van der Waals surface area contributed by atoms with Gasteiger partial charge in [-0.25, -0.2) is 0 Å². The van der Waals surface area contributed by atoms with Crippen LogP contribution in [0.5, 0.6) is 17.2 Å². The summed E-state index contributed by atoms with van der Waals surface area (Å²) in [5.74, 6) is 2.59. The Morgan fingerprint density at radius 1 is 0.943 bits per heavy atom. The molecule has 3 heterocycles. The van der Waals surface area contributed by atoms with Gasteiger partial charge in [-0.05, 0) is 56.5 Å². The van der Waals surface area contributed by atoms with E-state index in [1.807, 2.05) is 54.6 Å². The van der Waals surface area contributed by atoms with Crippen LogP contribution in [0.1, 0.15) is 0 Å². The molecule has 2 aromatic heterocycles. The summed E-state index contributed by atoms with van der Waals surface area (Å²) < 4.78 is 17.7. The lowest BCUT2D eigenvalue weighted by atomic mass is 10.1. The van der Waals surface area contributed by atoms with Crippen LogP contribution in [0.4, 0.5) is 0 Å². The molecule has 0 fully saturated rings. The molecule has 0 unspecified atom stereocenters. The molecule has 4 aromatic carbocycles. The first kappa shape index (κ1) is 19.9. The number of benzene rings is 4. The van der Waals surface area contributed by atoms with Gasteiger partial charge in [0, 0.05) is 16.0 Å². The van der Waals surface area contributed by atoms with Gasteiger partial charge >= 0.3 is 5.13 Å². The monoisotopic (exact) mass is 480 g/mol. The van der Waals surface area contributed by atoms with Crippen LogP contribution in [0.15, 0.2) is 78.9 Å². The number of aromatic nitrogens is 5. The summed E-state index contributed by atoms with van der Waals surface area (Å²) in [6, 6.07) is 25.8. The number of hydrogen-bond donors (Lipinski definition) is 0. The molecule has 1 aliphatic rings. The van der Waals surface area contributed by atoms with Gasteiger partial charge in [-0.1, -0.05) is 58.8 Å². The molecule has 0 atom stereocenters. The lowest BCUT2D eigenvalue weighted by molar-refractivity contribution is -0.734. The van der Waals surface area contributed by atoms with E-state index in [9.17, 15) is 0 Å². The SMILES string of the molecule is COc1ccccc1-n1nc(-c2ccc3c(c2)OCO3)n[n+]1-c1nc2c(ccc3ccccc32)s1. The van der Waals surface area contributed by atoms with Gasteiger partial charge < -0.3 is 14.2 Å². The molecule has 0 bridgehead atoms. The predicted octanol–water partition coefficient (Wildman–Crippen LogP) is 4.71. The Bertz CT molecular complexity index is 1740. The second-order valence-corrected chi connectivity index (χ2v) is 8.98. The summed E-state index contributed by atoms with van der Waals surface area (Å²) in [6.07, 6.45) is 0. The number of thiazole rings is 1. The normalized spacial score (nSPS) is 12.5. The van der Waals surface area contributed by atoms with Crippen LogP contribution in [-0.2, 0) is 0 Å². The second-order valence-electron chi connectivity index (χ2n) is 7.97. The van der Waals surface area contributed by atoms with Crippen molar-refractivity contribution in [3.8, 4) is 39.5 Å². The summed E-state index contributed by atoms with van der Waals surface area (Å²) in [7, 11) is 1.64. The average molecular weight is 481 g/mol. The fraction of sp³-hybridized carbons (Fsp3) is 0.0769. The summed E-state index contributed by atoms with van der Waals surface area (Å²) in [5.41, 5.74) is 2.50. The smallest absolute Gasteiger partial charge is 0.365 e. The molecule has 35 heavy (non-hydrogen) atoms. The largest absolute Gasteiger partial charge is 0.494 e. The lowest BCUT2D eigenvalue weighted by Gasteiger charge is -2.05. The zero-order valence-electron chi connectivity index (χ0n) is 18.6. The van der Waals surface area contributed by atoms with Gasteiger partial charge in [-0.15, -0.1) is 0 Å². The molecule has 1 aliphatic heterocycles. The molecule has 0 aliphatic carbocycles. The quantitative estimate of drug-likeness (QED) is 0.340. The Balaban J connectivity index is 1.46. The summed E-state index contributed by atoms with van der Waals surface area (Å²) >= 11 is 1.56. The van der Waals surface area contributed by atoms with Crippen molar-refractivity contribution in [2.45, 2.75) is 0 Å². The van der Waals surface area contributed by atoms with E-state index in [0.29, 0.717) is 28.2 Å². The Morgan fingerprint density at radius 3 is 2.74 bits per heavy atom. The molecule has 0 radical (unpaired) electrons. The van der Waals surface area contributed by atoms with E-state index in [0.717, 1.165) is 32.2 Å². The number of para-hydroxylation sites is 2. The third-order valence-electron chi connectivity index (χ3n) is 5.93. The molecule has 0 saturated heterocycles. The van der Waals surface area contributed by atoms with Crippen LogP contribution in [0.2, 0.25) is 0 Å². The summed E-state index contributed by atoms with van der Waals surface area (Å²) in [6.45, 7) is 0.210. The Morgan fingerprint density at radius 2 is 1.80 bits per heavy atom. The number of fused-ring (bicyclic) bond motifs is 4. The van der Waals surface area contributed by atoms with Gasteiger partial charge in [0.25, 0.3) is 5.82 Å². The maximum absolute atomic E-state index is 5.63. The maximum atomic E-state index is 5.63. The third-order valence-corrected chi connectivity index (χ3v) is 6.92. The molecular weight excluding hydrogens is 462 g/mol. The van der Waals surface area contributed by atoms with E-state index >= 15 is 0 Å². The topological polar surface area (TPSA) is 75.2 Å². The Hall–Kier alpha value is -4.50. The van der Waals surface area contributed by atoms with Gasteiger partial charge in [-0.2, -0.15) is 0 Å². The zero-order chi connectivity index (χ0) is 23.4. The third kappa shape index (κ3) is 3.20. The highest BCUT2D eigenvalue weighted by Crippen LogP contribution is 2.35. The van der Waals surface area contributed by atoms with Crippen LogP contribution in [-0.4, -0.2) is 33.9 Å². The summed E-state index contributed by atoms with van der Waals surface area (Å²) in [5, 5.41) is 12.7. The number of hydrogen-bond acceptors (Lipinski definition) is 7. The standard InChI is InChI=1S/C26H18N5O3S/c1-32-20-9-5-4-8-19(20)30-28-25(17-10-12-21-22(14-17)34-15-33-21)29-31(30)26-27-24-18-7-3-2-6-16(18)11-13-23(24)35-26/h2-14H,15H2,1H3/q+1. The van der Waals surface area contributed by atoms with E-state index in [-0.39, 0.29) is 6.79 Å². The molecule has 8 nitrogen and oxygen atoms in total. The van der Waals surface area contributed by atoms with Crippen molar-refractivity contribution in [3.63, 3.8) is 0 Å². The molecule has 170 valence electrons. The molecule has 0 N–H and O–H groups in total. The van der Waals surface area contributed by atoms with E-state index in [4.69, 9.17) is 29.4 Å². The highest BCUT2D eigenvalue weighted by molar-refractivity contribution is 7.20. The molecular formula is C26H18N5O3S+. The van der Waals surface area contributed by atoms with Crippen LogP contribution in [0.25, 0.3) is 43.2 Å². The minimum atomic E-state index is 0.210. The first-order chi connectivity index (χ1) is 17.3. The van der Waals surface area contributed by atoms with Gasteiger partial charge in [0.1, 0.15) is 5.75 Å². The highest BCUT2D eigenvalue weighted by Gasteiger charge is 2.27. The molecule has 7 rings (SSSR count). The van der Waals surface area contributed by atoms with Crippen molar-refractivity contribution in [1.82, 2.24) is 20.0 Å². The Labute approximate surface area is 203 Å². The number of tetrazole rings is 1. The van der Waals surface area contributed by atoms with E-state index < -0.39 is 0 Å². The molecule has 6 aromatic rings. The second kappa shape index (κ2) is 7.78. The fourth-order valence-corrected chi connectivity index (χ4v) is 5.17. The van der Waals surface area contributed by atoms with Crippen molar-refractivity contribution < 1.29 is 19.0 Å². The number of nitrogens with zero attached hydrogens (tertiary/aromatic N) is 5. The van der Waals surface area contributed by atoms with Crippen LogP contribution in [0.3, 0.4) is 0 Å². The van der Waals surface area contributed by atoms with Crippen molar-refractivity contribution in [2.24, 2.45) is 0 Å². The number of ether oxygens (including phenoxy) is 3. The van der Waals surface area contributed by atoms with Gasteiger partial charge in [0.15, 0.2) is 22.7 Å². The van der Waals surface area contributed by atoms with Crippen molar-refractivity contribution in [2.75, 3.05) is 13.9 Å². The maximum Gasteiger partial charge on any atom is 0.365 e. The molecule has 0 amide bonds. The first-order valence-electron chi connectivity index (χ1n) is 11.0. The predicted molar refractivity (Wildman–Crippen MR) is 132 cm³/mol. The minimum absolute atomic E-state index is 0.210. The van der Waals surface area contributed by atoms with Gasteiger partial charge in [0.05, 0.1) is 11.8 Å². The first-order valence-corrected chi connectivity index (χ1v) is 11.8. The van der Waals surface area contributed by atoms with E-state index in [1.165, 1.54) is 0 Å². The van der Waals surface area contributed by atoms with E-state index in [1.54, 1.807) is 28.0 Å². The molecule has 9 heteroatoms. The van der Waals surface area contributed by atoms with Crippen molar-refractivity contribution in [3.05, 3.63) is 78.9 Å². The van der Waals surface area contributed by atoms with E-state index in [2.05, 4.69) is 24.3 Å². The van der Waals surface area contributed by atoms with Gasteiger partial charge in [0.2, 0.25) is 6.79 Å².